The van der Waals surface area contributed by atoms with E-state index in [4.69, 9.17) is 0 Å². The Bertz CT molecular complexity index is 2410. The minimum absolute atomic E-state index is 0. The third kappa shape index (κ3) is 8.89. The molecule has 0 heterocycles. The third-order valence-corrected chi connectivity index (χ3v) is 41.1. The van der Waals surface area contributed by atoms with E-state index in [1.165, 1.54) is 131 Å². The predicted octanol–water partition coefficient (Wildman–Crippen LogP) is 17.6. The van der Waals surface area contributed by atoms with Gasteiger partial charge < -0.3 is 0 Å². The first-order valence-corrected chi connectivity index (χ1v) is 37.6. The fourth-order valence-corrected chi connectivity index (χ4v) is 38.6. The second-order valence-corrected chi connectivity index (χ2v) is 53.3. The largest absolute Gasteiger partial charge is 0.147 e. The van der Waals surface area contributed by atoms with Crippen molar-refractivity contribution in [1.29, 1.82) is 0 Å². The van der Waals surface area contributed by atoms with Crippen molar-refractivity contribution in [2.75, 3.05) is 0 Å². The van der Waals surface area contributed by atoms with Crippen molar-refractivity contribution < 1.29 is 30.6 Å². The first kappa shape index (κ1) is 49.3. The summed E-state index contributed by atoms with van der Waals surface area (Å²) >= 11 is -4.90. The molecule has 348 valence electrons. The first-order chi connectivity index (χ1) is 29.6. The van der Waals surface area contributed by atoms with Gasteiger partial charge in [-0.05, 0) is 0 Å². The van der Waals surface area contributed by atoms with E-state index in [0.29, 0.717) is 0 Å². The standard InChI is InChI=1S/2C27H31.C3H4F3.CH3.2ClH.H2Si.Zr/c2*1-26(2,3)23-9-7-21(8-10-23)24-6-4-5-22-15-20(16-25(22)24)18-27-13-11-19(17-27)12-14-27;1-2-3(4,5)6;;;;;/h2*4-10,15-16,19H,11-14,17-18H2,1-3H3;1-2H2;1H3;2*1H;1H2;. The Morgan fingerprint density at radius 3 is 1.25 bits per heavy atom. The van der Waals surface area contributed by atoms with Gasteiger partial charge in [-0.3, -0.25) is 0 Å². The molecule has 0 saturated heterocycles. The summed E-state index contributed by atoms with van der Waals surface area (Å²) < 4.78 is 48.6. The van der Waals surface area contributed by atoms with E-state index < -0.39 is 30.0 Å². The Morgan fingerprint density at radius 2 is 0.938 bits per heavy atom. The molecule has 65 heavy (non-hydrogen) atoms. The van der Waals surface area contributed by atoms with Crippen molar-refractivity contribution in [3.05, 3.63) is 129 Å². The van der Waals surface area contributed by atoms with Gasteiger partial charge in [0.2, 0.25) is 0 Å². The molecule has 0 aromatic heterocycles. The van der Waals surface area contributed by atoms with Crippen LogP contribution in [0.5, 0.6) is 0 Å². The number of benzene rings is 4. The van der Waals surface area contributed by atoms with Crippen LogP contribution in [0.4, 0.5) is 13.2 Å². The van der Waals surface area contributed by atoms with Gasteiger partial charge in [-0.1, -0.05) is 0 Å². The van der Waals surface area contributed by atoms with Crippen molar-refractivity contribution >= 4 is 43.8 Å². The fraction of sp³-hybridized carbons (Fsp3) is 0.517. The minimum Gasteiger partial charge on any atom is -0.147 e. The molecule has 4 bridgehead atoms. The van der Waals surface area contributed by atoms with Gasteiger partial charge >= 0.3 is 382 Å². The normalized spacial score (nSPS) is 26.9. The van der Waals surface area contributed by atoms with Gasteiger partial charge in [-0.25, -0.2) is 0 Å². The number of rotatable bonds is 10. The number of halogens is 5. The average Bonchev–Trinajstić information content (AvgIpc) is 4.10. The van der Waals surface area contributed by atoms with Gasteiger partial charge in [0, 0.05) is 0 Å². The molecule has 0 nitrogen and oxygen atoms in total. The second-order valence-electron chi connectivity index (χ2n) is 24.9. The van der Waals surface area contributed by atoms with Crippen LogP contribution in [0.1, 0.15) is 166 Å². The smallest absolute Gasteiger partial charge is 0.147 e. The Labute approximate surface area is 403 Å². The van der Waals surface area contributed by atoms with Crippen LogP contribution in [0.15, 0.2) is 96.1 Å². The summed E-state index contributed by atoms with van der Waals surface area (Å²) in [5, 5.41) is 0. The van der Waals surface area contributed by atoms with Crippen LogP contribution in [-0.4, -0.2) is 13.1 Å². The number of hydrogen-bond acceptors (Lipinski definition) is 0. The van der Waals surface area contributed by atoms with Crippen LogP contribution in [0.3, 0.4) is 0 Å². The number of fused-ring (bicyclic) bond motifs is 6. The molecular weight excluding hydrogens is 944 g/mol. The van der Waals surface area contributed by atoms with E-state index in [-0.39, 0.29) is 57.9 Å². The molecule has 0 amide bonds. The van der Waals surface area contributed by atoms with E-state index in [1.54, 1.807) is 0 Å². The summed E-state index contributed by atoms with van der Waals surface area (Å²) in [6.45, 7) is 15.8. The molecule has 4 fully saturated rings. The van der Waals surface area contributed by atoms with Gasteiger partial charge in [0.15, 0.2) is 0 Å². The maximum absolute atomic E-state index is 15.2. The molecule has 4 saturated carbocycles. The molecule has 2 atom stereocenters. The van der Waals surface area contributed by atoms with Crippen molar-refractivity contribution in [2.24, 2.45) is 22.7 Å². The Morgan fingerprint density at radius 1 is 0.569 bits per heavy atom. The Hall–Kier alpha value is -2.17. The molecule has 4 aromatic carbocycles. The number of alkyl halides is 3. The molecule has 0 N–H and O–H groups in total. The summed E-state index contributed by atoms with van der Waals surface area (Å²) in [7, 11) is 0. The topological polar surface area (TPSA) is 0 Å². The molecule has 0 aliphatic heterocycles. The van der Waals surface area contributed by atoms with Crippen molar-refractivity contribution in [3.8, 4) is 22.3 Å². The molecule has 2 unspecified atom stereocenters. The summed E-state index contributed by atoms with van der Waals surface area (Å²) in [4.78, 5) is 0. The molecule has 7 heteroatoms. The van der Waals surface area contributed by atoms with Crippen LogP contribution in [0, 0.1) is 22.7 Å². The summed E-state index contributed by atoms with van der Waals surface area (Å²) in [6, 6.07) is 32.1. The van der Waals surface area contributed by atoms with E-state index in [0.717, 1.165) is 24.7 Å². The Balaban J connectivity index is 0.00000288. The van der Waals surface area contributed by atoms with Gasteiger partial charge in [-0.15, -0.1) is 24.8 Å². The molecular formula is C58H73Cl2F3SiZr. The zero-order valence-electron chi connectivity index (χ0n) is 40.1. The SMILES string of the molecule is CC(C)(C)c1ccc(-c2cccc3c2C=C(CC24CCC(CC2)C4)[CH]3[Zr]([CH3])(=[SiH2])([CH2]CC(F)(F)F)[CH]2C(CC34CCC(CC3)C4)=Cc3c(-c4ccc(C(C)(C)C)cc4)cccc32)cc1.Cl.Cl. The van der Waals surface area contributed by atoms with E-state index in [1.807, 2.05) is 0 Å². The first-order valence-electron chi connectivity index (χ1n) is 24.6. The maximum Gasteiger partial charge on any atom is -0.147 e. The molecule has 0 spiro atoms. The maximum atomic E-state index is 15.2. The molecule has 10 rings (SSSR count). The monoisotopic (exact) mass is 1010 g/mol. The molecule has 4 aromatic rings. The van der Waals surface area contributed by atoms with E-state index in [2.05, 4.69) is 150 Å². The van der Waals surface area contributed by atoms with Crippen molar-refractivity contribution in [2.45, 2.75) is 158 Å². The van der Waals surface area contributed by atoms with Gasteiger partial charge in [0.05, 0.1) is 0 Å². The minimum atomic E-state index is -4.90. The molecule has 6 aliphatic carbocycles. The number of allylic oxidation sites excluding steroid dienone is 2. The van der Waals surface area contributed by atoms with Gasteiger partial charge in [0.1, 0.15) is 0 Å². The van der Waals surface area contributed by atoms with Crippen LogP contribution >= 0.6 is 24.8 Å². The van der Waals surface area contributed by atoms with Crippen LogP contribution in [-0.2, 0) is 28.2 Å². The third-order valence-electron chi connectivity index (χ3n) is 18.2. The molecule has 0 radical (unpaired) electrons. The second kappa shape index (κ2) is 17.1. The van der Waals surface area contributed by atoms with Gasteiger partial charge in [-0.2, -0.15) is 0 Å². The van der Waals surface area contributed by atoms with Crippen LogP contribution < -0.4 is 0 Å². The van der Waals surface area contributed by atoms with Gasteiger partial charge in [0.25, 0.3) is 0 Å². The number of hydrogen-bond donors (Lipinski definition) is 0. The fourth-order valence-electron chi connectivity index (χ4n) is 15.0. The van der Waals surface area contributed by atoms with Crippen molar-refractivity contribution in [3.63, 3.8) is 0 Å². The summed E-state index contributed by atoms with van der Waals surface area (Å²) in [5.74, 6) is 1.63. The van der Waals surface area contributed by atoms with Crippen LogP contribution in [0.2, 0.25) is 8.76 Å². The van der Waals surface area contributed by atoms with E-state index >= 15 is 13.2 Å². The van der Waals surface area contributed by atoms with Crippen LogP contribution in [0.25, 0.3) is 34.4 Å². The quantitative estimate of drug-likeness (QED) is 0.139. The van der Waals surface area contributed by atoms with E-state index in [9.17, 15) is 0 Å². The zero-order chi connectivity index (χ0) is 44.4. The Kier molecular flexibility index (Phi) is 12.9. The summed E-state index contributed by atoms with van der Waals surface area (Å²) in [6.07, 6.45) is 15.2. The molecule has 6 aliphatic rings. The predicted molar refractivity (Wildman–Crippen MR) is 274 cm³/mol. The zero-order valence-corrected chi connectivity index (χ0v) is 45.6. The van der Waals surface area contributed by atoms with Crippen molar-refractivity contribution in [1.82, 2.24) is 0 Å². The average molecular weight is 1020 g/mol. The summed E-state index contributed by atoms with van der Waals surface area (Å²) in [5.41, 5.74) is 16.4.